The van der Waals surface area contributed by atoms with Crippen molar-refractivity contribution in [2.45, 2.75) is 13.8 Å². The van der Waals surface area contributed by atoms with Gasteiger partial charge in [-0.1, -0.05) is 18.2 Å². The quantitative estimate of drug-likeness (QED) is 0.919. The number of carbonyl (C=O) groups excluding carboxylic acids is 1. The fraction of sp³-hybridized carbons (Fsp3) is 0.143. The molecule has 0 aliphatic carbocycles. The molecule has 0 spiro atoms. The van der Waals surface area contributed by atoms with Crippen molar-refractivity contribution < 1.29 is 4.79 Å². The molecule has 18 heavy (non-hydrogen) atoms. The SMILES string of the molecule is Cc1ccccc1C(=O)Nc1ncc(Br)cc1C. The van der Waals surface area contributed by atoms with Crippen LogP contribution in [0.5, 0.6) is 0 Å². The maximum atomic E-state index is 12.1. The fourth-order valence-electron chi connectivity index (χ4n) is 1.67. The molecule has 3 nitrogen and oxygen atoms in total. The highest BCUT2D eigenvalue weighted by Crippen LogP contribution is 2.18. The molecule has 0 atom stereocenters. The summed E-state index contributed by atoms with van der Waals surface area (Å²) in [7, 11) is 0. The van der Waals surface area contributed by atoms with Gasteiger partial charge in [-0.2, -0.15) is 0 Å². The number of amides is 1. The first-order chi connectivity index (χ1) is 8.58. The summed E-state index contributed by atoms with van der Waals surface area (Å²) in [5, 5.41) is 2.82. The summed E-state index contributed by atoms with van der Waals surface area (Å²) in [6.07, 6.45) is 1.67. The third-order valence-corrected chi connectivity index (χ3v) is 3.10. The third-order valence-electron chi connectivity index (χ3n) is 2.67. The Hall–Kier alpha value is -1.68. The Morgan fingerprint density at radius 1 is 1.22 bits per heavy atom. The van der Waals surface area contributed by atoms with Crippen LogP contribution < -0.4 is 5.32 Å². The number of halogens is 1. The topological polar surface area (TPSA) is 42.0 Å². The number of nitrogens with one attached hydrogen (secondary N) is 1. The summed E-state index contributed by atoms with van der Waals surface area (Å²) < 4.78 is 0.897. The molecule has 4 heteroatoms. The van der Waals surface area contributed by atoms with Gasteiger partial charge in [-0.05, 0) is 53.0 Å². The van der Waals surface area contributed by atoms with E-state index in [0.29, 0.717) is 11.4 Å². The first-order valence-corrected chi connectivity index (χ1v) is 6.36. The Labute approximate surface area is 114 Å². The second-order valence-corrected chi connectivity index (χ2v) is 5.00. The Balaban J connectivity index is 2.24. The van der Waals surface area contributed by atoms with Crippen LogP contribution in [0.4, 0.5) is 5.82 Å². The fourth-order valence-corrected chi connectivity index (χ4v) is 2.12. The number of benzene rings is 1. The number of aromatic nitrogens is 1. The summed E-state index contributed by atoms with van der Waals surface area (Å²) >= 11 is 3.34. The zero-order valence-corrected chi connectivity index (χ0v) is 11.8. The van der Waals surface area contributed by atoms with E-state index in [1.165, 1.54) is 0 Å². The standard InChI is InChI=1S/C14H13BrN2O/c1-9-5-3-4-6-12(9)14(18)17-13-10(2)7-11(15)8-16-13/h3-8H,1-2H3,(H,16,17,18). The van der Waals surface area contributed by atoms with Crippen LogP contribution in [-0.4, -0.2) is 10.9 Å². The van der Waals surface area contributed by atoms with Crippen LogP contribution in [0.15, 0.2) is 41.0 Å². The summed E-state index contributed by atoms with van der Waals surface area (Å²) in [4.78, 5) is 16.3. The van der Waals surface area contributed by atoms with Gasteiger partial charge >= 0.3 is 0 Å². The van der Waals surface area contributed by atoms with Crippen LogP contribution in [0.1, 0.15) is 21.5 Å². The van der Waals surface area contributed by atoms with Gasteiger partial charge in [-0.25, -0.2) is 4.98 Å². The van der Waals surface area contributed by atoms with E-state index in [-0.39, 0.29) is 5.91 Å². The van der Waals surface area contributed by atoms with Crippen molar-refractivity contribution in [3.8, 4) is 0 Å². The van der Waals surface area contributed by atoms with Crippen molar-refractivity contribution in [2.75, 3.05) is 5.32 Å². The normalized spacial score (nSPS) is 10.2. The molecule has 0 unspecified atom stereocenters. The van der Waals surface area contributed by atoms with Gasteiger partial charge < -0.3 is 5.32 Å². The van der Waals surface area contributed by atoms with Gasteiger partial charge in [-0.15, -0.1) is 0 Å². The van der Waals surface area contributed by atoms with Crippen LogP contribution in [0, 0.1) is 13.8 Å². The lowest BCUT2D eigenvalue weighted by atomic mass is 10.1. The van der Waals surface area contributed by atoms with Gasteiger partial charge in [0.2, 0.25) is 0 Å². The van der Waals surface area contributed by atoms with Gasteiger partial charge in [0.25, 0.3) is 5.91 Å². The first kappa shape index (κ1) is 12.8. The molecule has 1 aromatic heterocycles. The lowest BCUT2D eigenvalue weighted by Crippen LogP contribution is -2.15. The van der Waals surface area contributed by atoms with E-state index in [9.17, 15) is 4.79 Å². The minimum atomic E-state index is -0.133. The molecule has 92 valence electrons. The molecule has 1 heterocycles. The molecule has 0 fully saturated rings. The number of anilines is 1. The summed E-state index contributed by atoms with van der Waals surface area (Å²) in [6, 6.07) is 9.40. The highest BCUT2D eigenvalue weighted by atomic mass is 79.9. The van der Waals surface area contributed by atoms with E-state index >= 15 is 0 Å². The Bertz CT molecular complexity index is 596. The number of nitrogens with zero attached hydrogens (tertiary/aromatic N) is 1. The number of hydrogen-bond acceptors (Lipinski definition) is 2. The predicted molar refractivity (Wildman–Crippen MR) is 75.8 cm³/mol. The van der Waals surface area contributed by atoms with Gasteiger partial charge in [0.15, 0.2) is 0 Å². The average molecular weight is 305 g/mol. The largest absolute Gasteiger partial charge is 0.306 e. The summed E-state index contributed by atoms with van der Waals surface area (Å²) in [5.41, 5.74) is 2.54. The van der Waals surface area contributed by atoms with E-state index in [4.69, 9.17) is 0 Å². The van der Waals surface area contributed by atoms with E-state index < -0.39 is 0 Å². The molecular weight excluding hydrogens is 292 g/mol. The second kappa shape index (κ2) is 5.31. The molecule has 0 aliphatic heterocycles. The molecule has 2 rings (SSSR count). The van der Waals surface area contributed by atoms with Crippen LogP contribution >= 0.6 is 15.9 Å². The molecule has 1 amide bonds. The molecule has 0 radical (unpaired) electrons. The van der Waals surface area contributed by atoms with E-state index in [0.717, 1.165) is 15.6 Å². The van der Waals surface area contributed by atoms with Crippen LogP contribution in [-0.2, 0) is 0 Å². The Morgan fingerprint density at radius 3 is 2.61 bits per heavy atom. The maximum absolute atomic E-state index is 12.1. The maximum Gasteiger partial charge on any atom is 0.257 e. The van der Waals surface area contributed by atoms with Crippen molar-refractivity contribution >= 4 is 27.7 Å². The van der Waals surface area contributed by atoms with Crippen molar-refractivity contribution in [1.82, 2.24) is 4.98 Å². The van der Waals surface area contributed by atoms with Crippen LogP contribution in [0.2, 0.25) is 0 Å². The van der Waals surface area contributed by atoms with Gasteiger partial charge in [0.05, 0.1) is 0 Å². The zero-order valence-electron chi connectivity index (χ0n) is 10.2. The van der Waals surface area contributed by atoms with Crippen LogP contribution in [0.25, 0.3) is 0 Å². The minimum Gasteiger partial charge on any atom is -0.306 e. The van der Waals surface area contributed by atoms with Crippen molar-refractivity contribution in [2.24, 2.45) is 0 Å². The smallest absolute Gasteiger partial charge is 0.257 e. The highest BCUT2D eigenvalue weighted by Gasteiger charge is 2.10. The van der Waals surface area contributed by atoms with Crippen molar-refractivity contribution in [1.29, 1.82) is 0 Å². The van der Waals surface area contributed by atoms with E-state index in [1.807, 2.05) is 38.1 Å². The lowest BCUT2D eigenvalue weighted by Gasteiger charge is -2.09. The predicted octanol–water partition coefficient (Wildman–Crippen LogP) is 3.71. The highest BCUT2D eigenvalue weighted by molar-refractivity contribution is 9.10. The van der Waals surface area contributed by atoms with Crippen molar-refractivity contribution in [3.63, 3.8) is 0 Å². The average Bonchev–Trinajstić information content (AvgIpc) is 2.33. The Kier molecular flexibility index (Phi) is 3.77. The van der Waals surface area contributed by atoms with Gasteiger partial charge in [0, 0.05) is 16.2 Å². The first-order valence-electron chi connectivity index (χ1n) is 5.57. The molecule has 1 aromatic carbocycles. The molecule has 0 saturated heterocycles. The van der Waals surface area contributed by atoms with Gasteiger partial charge in [-0.3, -0.25) is 4.79 Å². The number of pyridine rings is 1. The van der Waals surface area contributed by atoms with Crippen LogP contribution in [0.3, 0.4) is 0 Å². The molecule has 2 aromatic rings. The van der Waals surface area contributed by atoms with Crippen molar-refractivity contribution in [3.05, 3.63) is 57.7 Å². The zero-order chi connectivity index (χ0) is 13.1. The number of rotatable bonds is 2. The number of hydrogen-bond donors (Lipinski definition) is 1. The molecular formula is C14H13BrN2O. The number of carbonyl (C=O) groups is 1. The minimum absolute atomic E-state index is 0.133. The monoisotopic (exact) mass is 304 g/mol. The summed E-state index contributed by atoms with van der Waals surface area (Å²) in [6.45, 7) is 3.82. The van der Waals surface area contributed by atoms with E-state index in [1.54, 1.807) is 12.3 Å². The second-order valence-electron chi connectivity index (χ2n) is 4.09. The Morgan fingerprint density at radius 2 is 1.94 bits per heavy atom. The molecule has 0 bridgehead atoms. The van der Waals surface area contributed by atoms with Gasteiger partial charge in [0.1, 0.15) is 5.82 Å². The summed E-state index contributed by atoms with van der Waals surface area (Å²) in [5.74, 6) is 0.456. The third kappa shape index (κ3) is 2.76. The lowest BCUT2D eigenvalue weighted by molar-refractivity contribution is 0.102. The molecule has 0 saturated carbocycles. The molecule has 0 aliphatic rings. The number of aryl methyl sites for hydroxylation is 2. The van der Waals surface area contributed by atoms with E-state index in [2.05, 4.69) is 26.2 Å². The molecule has 1 N–H and O–H groups in total.